The molecular weight excluding hydrogens is 290 g/mol. The van der Waals surface area contributed by atoms with Gasteiger partial charge in [0.25, 0.3) is 5.91 Å². The van der Waals surface area contributed by atoms with Crippen molar-refractivity contribution in [3.8, 4) is 0 Å². The van der Waals surface area contributed by atoms with Crippen LogP contribution in [0.2, 0.25) is 5.02 Å². The van der Waals surface area contributed by atoms with Gasteiger partial charge in [0.1, 0.15) is 11.4 Å². The Labute approximate surface area is 127 Å². The third kappa shape index (κ3) is 2.96. The zero-order chi connectivity index (χ0) is 14.9. The molecule has 2 N–H and O–H groups in total. The first-order valence-electron chi connectivity index (χ1n) is 6.90. The number of furan rings is 1. The van der Waals surface area contributed by atoms with Crippen molar-refractivity contribution in [1.29, 1.82) is 0 Å². The van der Waals surface area contributed by atoms with Crippen molar-refractivity contribution in [3.63, 3.8) is 0 Å². The van der Waals surface area contributed by atoms with E-state index in [-0.39, 0.29) is 18.4 Å². The molecule has 1 aliphatic rings. The maximum Gasteiger partial charge on any atom is 0.251 e. The summed E-state index contributed by atoms with van der Waals surface area (Å²) in [4.78, 5) is 12.1. The second-order valence-electron chi connectivity index (χ2n) is 5.37. The third-order valence-electron chi connectivity index (χ3n) is 3.81. The van der Waals surface area contributed by atoms with Crippen molar-refractivity contribution in [3.05, 3.63) is 59.0 Å². The van der Waals surface area contributed by atoms with E-state index in [2.05, 4.69) is 5.32 Å². The standard InChI is InChI=1S/C16H16ClNO3/c17-13-4-1-3-11(9-13)15(19)18-10-16(20,12-6-7-12)14-5-2-8-21-14/h1-5,8-9,12,20H,6-7,10H2,(H,18,19). The van der Waals surface area contributed by atoms with E-state index in [1.54, 1.807) is 36.4 Å². The average Bonchev–Trinajstić information content (AvgIpc) is 3.19. The van der Waals surface area contributed by atoms with E-state index in [1.165, 1.54) is 6.26 Å². The van der Waals surface area contributed by atoms with E-state index in [0.717, 1.165) is 12.8 Å². The molecule has 1 atom stereocenters. The molecule has 1 heterocycles. The lowest BCUT2D eigenvalue weighted by molar-refractivity contribution is -0.00610. The zero-order valence-corrected chi connectivity index (χ0v) is 12.1. The molecule has 21 heavy (non-hydrogen) atoms. The molecule has 1 amide bonds. The van der Waals surface area contributed by atoms with Crippen LogP contribution in [0.4, 0.5) is 0 Å². The largest absolute Gasteiger partial charge is 0.466 e. The third-order valence-corrected chi connectivity index (χ3v) is 4.04. The van der Waals surface area contributed by atoms with Crippen LogP contribution in [0.1, 0.15) is 29.0 Å². The van der Waals surface area contributed by atoms with E-state index in [9.17, 15) is 9.90 Å². The minimum atomic E-state index is -1.14. The highest BCUT2D eigenvalue weighted by molar-refractivity contribution is 6.30. The lowest BCUT2D eigenvalue weighted by atomic mass is 9.94. The van der Waals surface area contributed by atoms with Gasteiger partial charge in [-0.05, 0) is 49.1 Å². The quantitative estimate of drug-likeness (QED) is 0.892. The van der Waals surface area contributed by atoms with E-state index in [1.807, 2.05) is 0 Å². The van der Waals surface area contributed by atoms with Gasteiger partial charge in [-0.1, -0.05) is 17.7 Å². The maximum atomic E-state index is 12.1. The number of benzene rings is 1. The lowest BCUT2D eigenvalue weighted by Crippen LogP contribution is -2.42. The summed E-state index contributed by atoms with van der Waals surface area (Å²) in [6, 6.07) is 10.2. The van der Waals surface area contributed by atoms with Crippen molar-refractivity contribution in [2.24, 2.45) is 5.92 Å². The Morgan fingerprint density at radius 1 is 1.38 bits per heavy atom. The highest BCUT2D eigenvalue weighted by Crippen LogP contribution is 2.45. The van der Waals surface area contributed by atoms with Gasteiger partial charge >= 0.3 is 0 Å². The average molecular weight is 306 g/mol. The molecule has 0 bridgehead atoms. The zero-order valence-electron chi connectivity index (χ0n) is 11.4. The highest BCUT2D eigenvalue weighted by Gasteiger charge is 2.47. The number of amides is 1. The molecule has 0 saturated heterocycles. The van der Waals surface area contributed by atoms with Crippen LogP contribution in [0.5, 0.6) is 0 Å². The number of hydrogen-bond acceptors (Lipinski definition) is 3. The molecule has 0 spiro atoms. The van der Waals surface area contributed by atoms with Gasteiger partial charge in [0, 0.05) is 10.6 Å². The van der Waals surface area contributed by atoms with Crippen LogP contribution in [0.3, 0.4) is 0 Å². The smallest absolute Gasteiger partial charge is 0.251 e. The van der Waals surface area contributed by atoms with Crippen LogP contribution in [0.15, 0.2) is 47.1 Å². The highest BCUT2D eigenvalue weighted by atomic mass is 35.5. The normalized spacial score (nSPS) is 17.2. The number of carbonyl (C=O) groups is 1. The predicted octanol–water partition coefficient (Wildman–Crippen LogP) is 2.96. The summed E-state index contributed by atoms with van der Waals surface area (Å²) in [5.74, 6) is 0.364. The summed E-state index contributed by atoms with van der Waals surface area (Å²) in [5.41, 5.74) is -0.669. The Morgan fingerprint density at radius 2 is 2.19 bits per heavy atom. The molecule has 3 rings (SSSR count). The minimum absolute atomic E-state index is 0.122. The molecule has 4 nitrogen and oxygen atoms in total. The Kier molecular flexibility index (Phi) is 3.74. The summed E-state index contributed by atoms with van der Waals surface area (Å²) >= 11 is 5.88. The number of hydrogen-bond donors (Lipinski definition) is 2. The van der Waals surface area contributed by atoms with Gasteiger partial charge in [0.05, 0.1) is 12.8 Å². The molecule has 1 aromatic heterocycles. The molecule has 0 radical (unpaired) electrons. The second kappa shape index (κ2) is 5.54. The summed E-state index contributed by atoms with van der Waals surface area (Å²) < 4.78 is 5.33. The van der Waals surface area contributed by atoms with Crippen LogP contribution in [0.25, 0.3) is 0 Å². The SMILES string of the molecule is O=C(NCC(O)(c1ccco1)C1CC1)c1cccc(Cl)c1. The van der Waals surface area contributed by atoms with Crippen LogP contribution in [-0.4, -0.2) is 17.6 Å². The number of halogens is 1. The molecule has 1 fully saturated rings. The van der Waals surface area contributed by atoms with Crippen molar-refractivity contribution >= 4 is 17.5 Å². The van der Waals surface area contributed by atoms with Gasteiger partial charge in [-0.3, -0.25) is 4.79 Å². The monoisotopic (exact) mass is 305 g/mol. The lowest BCUT2D eigenvalue weighted by Gasteiger charge is -2.26. The van der Waals surface area contributed by atoms with E-state index in [4.69, 9.17) is 16.0 Å². The summed E-state index contributed by atoms with van der Waals surface area (Å²) in [7, 11) is 0. The maximum absolute atomic E-state index is 12.1. The fraction of sp³-hybridized carbons (Fsp3) is 0.312. The number of aliphatic hydroxyl groups is 1. The van der Waals surface area contributed by atoms with Crippen LogP contribution in [-0.2, 0) is 5.60 Å². The Balaban J connectivity index is 1.72. The first kappa shape index (κ1) is 14.2. The molecule has 1 aromatic carbocycles. The van der Waals surface area contributed by atoms with Gasteiger partial charge in [-0.25, -0.2) is 0 Å². The van der Waals surface area contributed by atoms with Crippen LogP contribution >= 0.6 is 11.6 Å². The fourth-order valence-electron chi connectivity index (χ4n) is 2.47. The fourth-order valence-corrected chi connectivity index (χ4v) is 2.66. The number of rotatable bonds is 5. The Morgan fingerprint density at radius 3 is 2.81 bits per heavy atom. The number of carbonyl (C=O) groups excluding carboxylic acids is 1. The molecular formula is C16H16ClNO3. The van der Waals surface area contributed by atoms with Gasteiger partial charge in [0.2, 0.25) is 0 Å². The predicted molar refractivity (Wildman–Crippen MR) is 79.1 cm³/mol. The molecule has 5 heteroatoms. The number of nitrogens with one attached hydrogen (secondary N) is 1. The Bertz CT molecular complexity index is 637. The molecule has 110 valence electrons. The van der Waals surface area contributed by atoms with Crippen molar-refractivity contribution in [1.82, 2.24) is 5.32 Å². The van der Waals surface area contributed by atoms with Gasteiger partial charge < -0.3 is 14.8 Å². The van der Waals surface area contributed by atoms with E-state index in [0.29, 0.717) is 16.3 Å². The summed E-state index contributed by atoms with van der Waals surface area (Å²) in [6.45, 7) is 0.122. The van der Waals surface area contributed by atoms with Gasteiger partial charge in [-0.15, -0.1) is 0 Å². The molecule has 1 aliphatic carbocycles. The first-order chi connectivity index (χ1) is 10.1. The topological polar surface area (TPSA) is 62.5 Å². The molecule has 1 saturated carbocycles. The summed E-state index contributed by atoms with van der Waals surface area (Å²) in [5, 5.41) is 14.1. The van der Waals surface area contributed by atoms with Gasteiger partial charge in [-0.2, -0.15) is 0 Å². The molecule has 0 aliphatic heterocycles. The Hall–Kier alpha value is -1.78. The van der Waals surface area contributed by atoms with Gasteiger partial charge in [0.15, 0.2) is 0 Å². The summed E-state index contributed by atoms with van der Waals surface area (Å²) in [6.07, 6.45) is 3.40. The van der Waals surface area contributed by atoms with E-state index >= 15 is 0 Å². The van der Waals surface area contributed by atoms with Crippen molar-refractivity contribution in [2.75, 3.05) is 6.54 Å². The van der Waals surface area contributed by atoms with Crippen LogP contribution in [0, 0.1) is 5.92 Å². The van der Waals surface area contributed by atoms with E-state index < -0.39 is 5.60 Å². The first-order valence-corrected chi connectivity index (χ1v) is 7.27. The van der Waals surface area contributed by atoms with Crippen molar-refractivity contribution in [2.45, 2.75) is 18.4 Å². The minimum Gasteiger partial charge on any atom is -0.466 e. The van der Waals surface area contributed by atoms with Crippen molar-refractivity contribution < 1.29 is 14.3 Å². The van der Waals surface area contributed by atoms with Crippen LogP contribution < -0.4 is 5.32 Å². The molecule has 2 aromatic rings. The second-order valence-corrected chi connectivity index (χ2v) is 5.81. The molecule has 1 unspecified atom stereocenters.